The Balaban J connectivity index is 1.36. The molecule has 4 nitrogen and oxygen atoms in total. The summed E-state index contributed by atoms with van der Waals surface area (Å²) in [6.45, 7) is 0. The van der Waals surface area contributed by atoms with Crippen molar-refractivity contribution in [3.63, 3.8) is 0 Å². The van der Waals surface area contributed by atoms with Crippen LogP contribution in [0.25, 0.3) is 88.4 Å². The average molecular weight is 687 g/mol. The van der Waals surface area contributed by atoms with E-state index in [0.717, 1.165) is 88.4 Å². The molecule has 0 fully saturated rings. The highest BCUT2D eigenvalue weighted by atomic mass is 15.0. The van der Waals surface area contributed by atoms with Crippen LogP contribution in [0.2, 0.25) is 0 Å². The number of nitriles is 2. The molecule has 10 rings (SSSR count). The fourth-order valence-corrected chi connectivity index (χ4v) is 8.09. The van der Waals surface area contributed by atoms with E-state index in [-0.39, 0.29) is 0 Å². The summed E-state index contributed by atoms with van der Waals surface area (Å²) in [6.07, 6.45) is 0. The molecule has 2 aromatic heterocycles. The lowest BCUT2D eigenvalue weighted by atomic mass is 9.97. The third-order valence-electron chi connectivity index (χ3n) is 10.5. The van der Waals surface area contributed by atoms with Gasteiger partial charge >= 0.3 is 0 Å². The smallest absolute Gasteiger partial charge is 0.0992 e. The van der Waals surface area contributed by atoms with Crippen LogP contribution in [0.4, 0.5) is 0 Å². The number of nitrogens with zero attached hydrogens (tertiary/aromatic N) is 4. The molecule has 8 aromatic carbocycles. The molecular weight excluding hydrogens is 657 g/mol. The SMILES string of the molecule is N#Cc1cc(C#N)cc(-c2cc3c(cc2-n2c4ccc(-c5ccccc5)cc4c4cc(-c5ccccc5)ccc42)c2ccccc2n3-c2ccccc2)c1. The molecular formula is C50H30N4. The maximum absolute atomic E-state index is 10.1. The second kappa shape index (κ2) is 12.5. The van der Waals surface area contributed by atoms with Crippen LogP contribution in [-0.2, 0) is 0 Å². The van der Waals surface area contributed by atoms with Crippen LogP contribution in [0.3, 0.4) is 0 Å². The molecule has 0 saturated carbocycles. The number of hydrogen-bond acceptors (Lipinski definition) is 2. The van der Waals surface area contributed by atoms with Gasteiger partial charge in [-0.05, 0) is 101 Å². The van der Waals surface area contributed by atoms with Gasteiger partial charge in [0.15, 0.2) is 0 Å². The fraction of sp³-hybridized carbons (Fsp3) is 0. The van der Waals surface area contributed by atoms with E-state index in [4.69, 9.17) is 0 Å². The summed E-state index contributed by atoms with van der Waals surface area (Å²) in [4.78, 5) is 0. The number of para-hydroxylation sites is 2. The van der Waals surface area contributed by atoms with Crippen molar-refractivity contribution in [1.82, 2.24) is 9.13 Å². The maximum Gasteiger partial charge on any atom is 0.0992 e. The minimum absolute atomic E-state index is 0.445. The predicted molar refractivity (Wildman–Crippen MR) is 221 cm³/mol. The van der Waals surface area contributed by atoms with Crippen LogP contribution >= 0.6 is 0 Å². The van der Waals surface area contributed by atoms with Gasteiger partial charge < -0.3 is 9.13 Å². The molecule has 0 aliphatic heterocycles. The Morgan fingerprint density at radius 1 is 0.333 bits per heavy atom. The Hall–Kier alpha value is -7.66. The Morgan fingerprint density at radius 3 is 1.41 bits per heavy atom. The van der Waals surface area contributed by atoms with E-state index >= 15 is 0 Å². The average Bonchev–Trinajstić information content (AvgIpc) is 3.75. The van der Waals surface area contributed by atoms with Gasteiger partial charge in [0.05, 0.1) is 51.0 Å². The highest BCUT2D eigenvalue weighted by Crippen LogP contribution is 2.43. The molecule has 0 spiro atoms. The molecule has 0 radical (unpaired) electrons. The highest BCUT2D eigenvalue weighted by Gasteiger charge is 2.22. The van der Waals surface area contributed by atoms with Crippen molar-refractivity contribution in [3.05, 3.63) is 193 Å². The molecule has 10 aromatic rings. The monoisotopic (exact) mass is 686 g/mol. The molecule has 0 aliphatic carbocycles. The molecule has 0 aliphatic rings. The summed E-state index contributed by atoms with van der Waals surface area (Å²) >= 11 is 0. The summed E-state index contributed by atoms with van der Waals surface area (Å²) in [7, 11) is 0. The molecule has 250 valence electrons. The minimum Gasteiger partial charge on any atom is -0.309 e. The summed E-state index contributed by atoms with van der Waals surface area (Å²) < 4.78 is 4.67. The Morgan fingerprint density at radius 2 is 0.833 bits per heavy atom. The topological polar surface area (TPSA) is 57.4 Å². The zero-order valence-electron chi connectivity index (χ0n) is 29.1. The van der Waals surface area contributed by atoms with Crippen LogP contribution in [0, 0.1) is 22.7 Å². The van der Waals surface area contributed by atoms with E-state index in [9.17, 15) is 10.5 Å². The van der Waals surface area contributed by atoms with Crippen LogP contribution < -0.4 is 0 Å². The fourth-order valence-electron chi connectivity index (χ4n) is 8.09. The van der Waals surface area contributed by atoms with E-state index in [1.807, 2.05) is 30.3 Å². The van der Waals surface area contributed by atoms with Gasteiger partial charge in [-0.2, -0.15) is 10.5 Å². The minimum atomic E-state index is 0.445. The van der Waals surface area contributed by atoms with Gasteiger partial charge in [-0.25, -0.2) is 0 Å². The van der Waals surface area contributed by atoms with Crippen molar-refractivity contribution in [2.45, 2.75) is 0 Å². The first-order valence-corrected chi connectivity index (χ1v) is 18.0. The van der Waals surface area contributed by atoms with Crippen molar-refractivity contribution in [1.29, 1.82) is 10.5 Å². The Bertz CT molecular complexity index is 3030. The summed E-state index contributed by atoms with van der Waals surface area (Å²) in [5, 5.41) is 24.7. The number of rotatable bonds is 5. The summed E-state index contributed by atoms with van der Waals surface area (Å²) in [5.41, 5.74) is 13.6. The lowest BCUT2D eigenvalue weighted by Crippen LogP contribution is -2.00. The van der Waals surface area contributed by atoms with Gasteiger partial charge in [0.25, 0.3) is 0 Å². The van der Waals surface area contributed by atoms with Crippen molar-refractivity contribution in [2.75, 3.05) is 0 Å². The zero-order valence-corrected chi connectivity index (χ0v) is 29.1. The van der Waals surface area contributed by atoms with E-state index in [1.165, 1.54) is 0 Å². The molecule has 0 amide bonds. The quantitative estimate of drug-likeness (QED) is 0.181. The third-order valence-corrected chi connectivity index (χ3v) is 10.5. The van der Waals surface area contributed by atoms with Crippen molar-refractivity contribution in [3.8, 4) is 56.9 Å². The predicted octanol–water partition coefficient (Wildman–Crippen LogP) is 12.6. The summed E-state index contributed by atoms with van der Waals surface area (Å²) in [6, 6.07) is 68.0. The molecule has 2 heterocycles. The van der Waals surface area contributed by atoms with E-state index < -0.39 is 0 Å². The summed E-state index contributed by atoms with van der Waals surface area (Å²) in [5.74, 6) is 0. The Labute approximate surface area is 312 Å². The molecule has 0 bridgehead atoms. The number of fused-ring (bicyclic) bond motifs is 6. The zero-order chi connectivity index (χ0) is 36.2. The van der Waals surface area contributed by atoms with Crippen molar-refractivity contribution in [2.24, 2.45) is 0 Å². The molecule has 0 saturated heterocycles. The van der Waals surface area contributed by atoms with E-state index in [1.54, 1.807) is 6.07 Å². The normalized spacial score (nSPS) is 11.3. The molecule has 4 heteroatoms. The third kappa shape index (κ3) is 4.98. The second-order valence-electron chi connectivity index (χ2n) is 13.6. The van der Waals surface area contributed by atoms with E-state index in [0.29, 0.717) is 11.1 Å². The molecule has 0 unspecified atom stereocenters. The van der Waals surface area contributed by atoms with Gasteiger partial charge in [-0.1, -0.05) is 109 Å². The lowest BCUT2D eigenvalue weighted by Gasteiger charge is -2.17. The van der Waals surface area contributed by atoms with Crippen LogP contribution in [0.1, 0.15) is 11.1 Å². The Kier molecular flexibility index (Phi) is 7.22. The first-order valence-electron chi connectivity index (χ1n) is 18.0. The van der Waals surface area contributed by atoms with Crippen molar-refractivity contribution < 1.29 is 0 Å². The maximum atomic E-state index is 10.1. The van der Waals surface area contributed by atoms with Crippen LogP contribution in [-0.4, -0.2) is 9.13 Å². The van der Waals surface area contributed by atoms with Crippen LogP contribution in [0.5, 0.6) is 0 Å². The van der Waals surface area contributed by atoms with E-state index in [2.05, 4.69) is 167 Å². The van der Waals surface area contributed by atoms with Gasteiger partial charge in [0.1, 0.15) is 0 Å². The first-order chi connectivity index (χ1) is 26.7. The molecule has 0 atom stereocenters. The second-order valence-corrected chi connectivity index (χ2v) is 13.6. The number of aromatic nitrogens is 2. The van der Waals surface area contributed by atoms with Crippen molar-refractivity contribution >= 4 is 43.6 Å². The highest BCUT2D eigenvalue weighted by molar-refractivity contribution is 6.15. The lowest BCUT2D eigenvalue weighted by molar-refractivity contribution is 1.17. The molecule has 0 N–H and O–H groups in total. The standard InChI is InChI=1S/C50H30N4/c51-31-33-24-34(32-52)26-39(25-33)42-29-50-45(41-18-10-11-19-46(41)53(50)40-16-8-3-9-17-40)30-49(42)54-47-22-20-37(35-12-4-1-5-13-35)27-43(47)44-28-38(21-23-48(44)54)36-14-6-2-7-15-36/h1-30H. The van der Waals surface area contributed by atoms with Gasteiger partial charge in [-0.3, -0.25) is 0 Å². The molecule has 54 heavy (non-hydrogen) atoms. The largest absolute Gasteiger partial charge is 0.309 e. The van der Waals surface area contributed by atoms with Gasteiger partial charge in [-0.15, -0.1) is 0 Å². The van der Waals surface area contributed by atoms with Crippen LogP contribution in [0.15, 0.2) is 182 Å². The number of hydrogen-bond donors (Lipinski definition) is 0. The van der Waals surface area contributed by atoms with Gasteiger partial charge in [0, 0.05) is 32.8 Å². The van der Waals surface area contributed by atoms with Gasteiger partial charge in [0.2, 0.25) is 0 Å². The first kappa shape index (κ1) is 31.1. The number of benzene rings is 8.